The van der Waals surface area contributed by atoms with E-state index in [0.29, 0.717) is 12.6 Å². The Morgan fingerprint density at radius 1 is 1.26 bits per heavy atom. The van der Waals surface area contributed by atoms with Gasteiger partial charge in [-0.25, -0.2) is 0 Å². The van der Waals surface area contributed by atoms with Crippen molar-refractivity contribution in [2.75, 3.05) is 33.2 Å². The molecule has 1 aliphatic rings. The Morgan fingerprint density at radius 3 is 2.47 bits per heavy atom. The lowest BCUT2D eigenvalue weighted by molar-refractivity contribution is -0.121. The zero-order chi connectivity index (χ0) is 14.1. The molecule has 1 aliphatic heterocycles. The molecule has 1 fully saturated rings. The number of nitrogens with zero attached hydrogens (tertiary/aromatic N) is 1. The van der Waals surface area contributed by atoms with Crippen LogP contribution in [0.25, 0.3) is 0 Å². The first kappa shape index (κ1) is 16.4. The molecule has 0 atom stereocenters. The van der Waals surface area contributed by atoms with Crippen molar-refractivity contribution >= 4 is 5.91 Å². The van der Waals surface area contributed by atoms with E-state index in [0.717, 1.165) is 25.3 Å². The smallest absolute Gasteiger partial charge is 0.234 e. The maximum Gasteiger partial charge on any atom is 0.234 e. The minimum atomic E-state index is 0.136. The van der Waals surface area contributed by atoms with Gasteiger partial charge in [-0.1, -0.05) is 13.8 Å². The quantitative estimate of drug-likeness (QED) is 0.658. The van der Waals surface area contributed by atoms with Crippen LogP contribution in [0.15, 0.2) is 0 Å². The molecule has 112 valence electrons. The highest BCUT2D eigenvalue weighted by atomic mass is 16.1. The first-order valence-electron chi connectivity index (χ1n) is 7.84. The molecule has 0 aromatic heterocycles. The molecule has 0 unspecified atom stereocenters. The summed E-state index contributed by atoms with van der Waals surface area (Å²) in [7, 11) is 2.19. The van der Waals surface area contributed by atoms with Gasteiger partial charge < -0.3 is 15.5 Å². The average molecular weight is 269 g/mol. The summed E-state index contributed by atoms with van der Waals surface area (Å²) >= 11 is 0. The molecule has 1 saturated heterocycles. The first-order chi connectivity index (χ1) is 9.15. The maximum absolute atomic E-state index is 11.7. The zero-order valence-corrected chi connectivity index (χ0v) is 12.9. The molecule has 0 aromatic carbocycles. The number of piperidine rings is 1. The monoisotopic (exact) mass is 269 g/mol. The normalized spacial score (nSPS) is 17.9. The summed E-state index contributed by atoms with van der Waals surface area (Å²) in [5.74, 6) is 0.975. The minimum Gasteiger partial charge on any atom is -0.352 e. The molecule has 2 N–H and O–H groups in total. The number of hydrogen-bond acceptors (Lipinski definition) is 3. The van der Waals surface area contributed by atoms with E-state index in [2.05, 4.69) is 36.4 Å². The molecule has 0 radical (unpaired) electrons. The fourth-order valence-corrected chi connectivity index (χ4v) is 2.63. The third-order valence-corrected chi connectivity index (χ3v) is 4.20. The number of likely N-dealkylation sites (tertiary alicyclic amines) is 1. The standard InChI is InChI=1S/C15H31N3O/c1-4-14(5-2)17-15(19)12-16-9-6-13-7-10-18(3)11-8-13/h13-14,16H,4-12H2,1-3H3,(H,17,19). The van der Waals surface area contributed by atoms with Crippen LogP contribution in [0.5, 0.6) is 0 Å². The maximum atomic E-state index is 11.7. The van der Waals surface area contributed by atoms with Crippen molar-refractivity contribution in [1.82, 2.24) is 15.5 Å². The number of carbonyl (C=O) groups excluding carboxylic acids is 1. The highest BCUT2D eigenvalue weighted by molar-refractivity contribution is 5.78. The first-order valence-corrected chi connectivity index (χ1v) is 7.84. The fourth-order valence-electron chi connectivity index (χ4n) is 2.63. The predicted octanol–water partition coefficient (Wildman–Crippen LogP) is 1.61. The van der Waals surface area contributed by atoms with Crippen LogP contribution in [-0.2, 0) is 4.79 Å². The van der Waals surface area contributed by atoms with E-state index < -0.39 is 0 Å². The molecular formula is C15H31N3O. The van der Waals surface area contributed by atoms with E-state index in [-0.39, 0.29) is 5.91 Å². The summed E-state index contributed by atoms with van der Waals surface area (Å²) in [5.41, 5.74) is 0. The van der Waals surface area contributed by atoms with Gasteiger partial charge in [0.25, 0.3) is 0 Å². The predicted molar refractivity (Wildman–Crippen MR) is 80.2 cm³/mol. The second-order valence-electron chi connectivity index (χ2n) is 5.79. The highest BCUT2D eigenvalue weighted by Crippen LogP contribution is 2.18. The molecular weight excluding hydrogens is 238 g/mol. The van der Waals surface area contributed by atoms with E-state index in [1.54, 1.807) is 0 Å². The second-order valence-corrected chi connectivity index (χ2v) is 5.79. The van der Waals surface area contributed by atoms with Crippen LogP contribution in [0.4, 0.5) is 0 Å². The summed E-state index contributed by atoms with van der Waals surface area (Å²) < 4.78 is 0. The Labute approximate surface area is 118 Å². The Bertz CT molecular complexity index is 246. The molecule has 0 bridgehead atoms. The van der Waals surface area contributed by atoms with Gasteiger partial charge in [-0.15, -0.1) is 0 Å². The van der Waals surface area contributed by atoms with Gasteiger partial charge in [0.1, 0.15) is 0 Å². The van der Waals surface area contributed by atoms with Gasteiger partial charge in [0.2, 0.25) is 5.91 Å². The van der Waals surface area contributed by atoms with Crippen LogP contribution in [0.1, 0.15) is 46.0 Å². The molecule has 0 aliphatic carbocycles. The van der Waals surface area contributed by atoms with Crippen LogP contribution >= 0.6 is 0 Å². The van der Waals surface area contributed by atoms with Crippen LogP contribution in [0.3, 0.4) is 0 Å². The fraction of sp³-hybridized carbons (Fsp3) is 0.933. The zero-order valence-electron chi connectivity index (χ0n) is 12.9. The summed E-state index contributed by atoms with van der Waals surface area (Å²) in [6.45, 7) is 8.09. The van der Waals surface area contributed by atoms with Gasteiger partial charge in [-0.05, 0) is 64.7 Å². The van der Waals surface area contributed by atoms with Gasteiger partial charge in [-0.3, -0.25) is 4.79 Å². The Kier molecular flexibility index (Phi) is 8.07. The van der Waals surface area contributed by atoms with Crippen LogP contribution < -0.4 is 10.6 Å². The van der Waals surface area contributed by atoms with Gasteiger partial charge in [0.05, 0.1) is 6.54 Å². The summed E-state index contributed by atoms with van der Waals surface area (Å²) in [4.78, 5) is 14.1. The molecule has 0 aromatic rings. The largest absolute Gasteiger partial charge is 0.352 e. The van der Waals surface area contributed by atoms with E-state index in [1.165, 1.54) is 32.4 Å². The Hall–Kier alpha value is -0.610. The Morgan fingerprint density at radius 2 is 1.89 bits per heavy atom. The second kappa shape index (κ2) is 9.32. The topological polar surface area (TPSA) is 44.4 Å². The number of carbonyl (C=O) groups is 1. The molecule has 4 nitrogen and oxygen atoms in total. The summed E-state index contributed by atoms with van der Waals surface area (Å²) in [6.07, 6.45) is 5.83. The lowest BCUT2D eigenvalue weighted by Gasteiger charge is -2.28. The molecule has 19 heavy (non-hydrogen) atoms. The average Bonchev–Trinajstić information content (AvgIpc) is 2.43. The van der Waals surface area contributed by atoms with Crippen molar-refractivity contribution in [1.29, 1.82) is 0 Å². The third kappa shape index (κ3) is 6.92. The van der Waals surface area contributed by atoms with Crippen molar-refractivity contribution in [2.24, 2.45) is 5.92 Å². The van der Waals surface area contributed by atoms with E-state index in [4.69, 9.17) is 0 Å². The lowest BCUT2D eigenvalue weighted by Crippen LogP contribution is -2.40. The minimum absolute atomic E-state index is 0.136. The van der Waals surface area contributed by atoms with Gasteiger partial charge in [0.15, 0.2) is 0 Å². The number of nitrogens with one attached hydrogen (secondary N) is 2. The number of hydrogen-bond donors (Lipinski definition) is 2. The summed E-state index contributed by atoms with van der Waals surface area (Å²) in [5, 5.41) is 6.32. The van der Waals surface area contributed by atoms with E-state index >= 15 is 0 Å². The molecule has 0 spiro atoms. The van der Waals surface area contributed by atoms with Gasteiger partial charge in [-0.2, -0.15) is 0 Å². The van der Waals surface area contributed by atoms with Gasteiger partial charge >= 0.3 is 0 Å². The van der Waals surface area contributed by atoms with Crippen LogP contribution in [0.2, 0.25) is 0 Å². The molecule has 1 rings (SSSR count). The molecule has 0 saturated carbocycles. The van der Waals surface area contributed by atoms with Crippen molar-refractivity contribution < 1.29 is 4.79 Å². The van der Waals surface area contributed by atoms with E-state index in [9.17, 15) is 4.79 Å². The van der Waals surface area contributed by atoms with Crippen molar-refractivity contribution in [3.8, 4) is 0 Å². The van der Waals surface area contributed by atoms with Crippen LogP contribution in [0, 0.1) is 5.92 Å². The third-order valence-electron chi connectivity index (χ3n) is 4.20. The Balaban J connectivity index is 2.02. The van der Waals surface area contributed by atoms with Crippen molar-refractivity contribution in [3.63, 3.8) is 0 Å². The summed E-state index contributed by atoms with van der Waals surface area (Å²) in [6, 6.07) is 0.336. The van der Waals surface area contributed by atoms with Crippen LogP contribution in [-0.4, -0.2) is 50.1 Å². The molecule has 4 heteroatoms. The van der Waals surface area contributed by atoms with Gasteiger partial charge in [0, 0.05) is 6.04 Å². The molecule has 1 heterocycles. The highest BCUT2D eigenvalue weighted by Gasteiger charge is 2.16. The SMILES string of the molecule is CCC(CC)NC(=O)CNCCC1CCN(C)CC1. The lowest BCUT2D eigenvalue weighted by atomic mass is 9.94. The van der Waals surface area contributed by atoms with Crippen molar-refractivity contribution in [2.45, 2.75) is 52.0 Å². The number of rotatable bonds is 8. The van der Waals surface area contributed by atoms with E-state index in [1.807, 2.05) is 0 Å². The van der Waals surface area contributed by atoms with Crippen molar-refractivity contribution in [3.05, 3.63) is 0 Å². The number of amides is 1. The molecule has 1 amide bonds.